The maximum absolute atomic E-state index is 5.92. The third kappa shape index (κ3) is 2.38. The Balaban J connectivity index is 2.27. The fourth-order valence-electron chi connectivity index (χ4n) is 1.78. The smallest absolute Gasteiger partial charge is 0.227 e. The monoisotopic (exact) mass is 226 g/mol. The van der Waals surface area contributed by atoms with Crippen molar-refractivity contribution in [1.29, 1.82) is 0 Å². The molecule has 15 heavy (non-hydrogen) atoms. The SMILES string of the molecule is Cc1cc(Cl)nc(N2CCNC[C@H]2C)n1. The number of anilines is 1. The Morgan fingerprint density at radius 3 is 3.00 bits per heavy atom. The molecule has 0 spiro atoms. The van der Waals surface area contributed by atoms with Gasteiger partial charge in [0.1, 0.15) is 5.15 Å². The number of hydrogen-bond donors (Lipinski definition) is 1. The predicted molar refractivity (Wildman–Crippen MR) is 61.5 cm³/mol. The van der Waals surface area contributed by atoms with Gasteiger partial charge in [-0.2, -0.15) is 0 Å². The van der Waals surface area contributed by atoms with Crippen LogP contribution in [-0.2, 0) is 0 Å². The molecule has 1 aliphatic rings. The van der Waals surface area contributed by atoms with Crippen molar-refractivity contribution in [3.8, 4) is 0 Å². The van der Waals surface area contributed by atoms with Crippen molar-refractivity contribution in [3.05, 3.63) is 16.9 Å². The van der Waals surface area contributed by atoms with Crippen LogP contribution in [-0.4, -0.2) is 35.6 Å². The van der Waals surface area contributed by atoms with Crippen LogP contribution in [0.2, 0.25) is 5.15 Å². The van der Waals surface area contributed by atoms with Gasteiger partial charge in [0.25, 0.3) is 0 Å². The fourth-order valence-corrected chi connectivity index (χ4v) is 2.02. The summed E-state index contributed by atoms with van der Waals surface area (Å²) in [7, 11) is 0. The molecule has 2 rings (SSSR count). The van der Waals surface area contributed by atoms with Crippen LogP contribution in [0.5, 0.6) is 0 Å². The van der Waals surface area contributed by atoms with Crippen LogP contribution in [0.4, 0.5) is 5.95 Å². The summed E-state index contributed by atoms with van der Waals surface area (Å²) in [5.74, 6) is 0.744. The number of halogens is 1. The summed E-state index contributed by atoms with van der Waals surface area (Å²) in [6.45, 7) is 6.96. The van der Waals surface area contributed by atoms with Gasteiger partial charge in [0.05, 0.1) is 0 Å². The Morgan fingerprint density at radius 1 is 1.53 bits per heavy atom. The zero-order valence-corrected chi connectivity index (χ0v) is 9.75. The van der Waals surface area contributed by atoms with Gasteiger partial charge in [0.15, 0.2) is 0 Å². The normalized spacial score (nSPS) is 21.8. The third-order valence-electron chi connectivity index (χ3n) is 2.57. The number of nitrogens with zero attached hydrogens (tertiary/aromatic N) is 3. The Kier molecular flexibility index (Phi) is 3.07. The van der Waals surface area contributed by atoms with Crippen LogP contribution in [0.15, 0.2) is 6.07 Å². The Morgan fingerprint density at radius 2 is 2.33 bits per heavy atom. The van der Waals surface area contributed by atoms with Crippen molar-refractivity contribution in [2.24, 2.45) is 0 Å². The average molecular weight is 227 g/mol. The van der Waals surface area contributed by atoms with E-state index in [-0.39, 0.29) is 0 Å². The van der Waals surface area contributed by atoms with E-state index < -0.39 is 0 Å². The number of rotatable bonds is 1. The molecule has 1 aliphatic heterocycles. The van der Waals surface area contributed by atoms with E-state index in [1.807, 2.05) is 6.92 Å². The molecule has 82 valence electrons. The van der Waals surface area contributed by atoms with E-state index in [2.05, 4.69) is 27.1 Å². The lowest BCUT2D eigenvalue weighted by atomic mass is 10.2. The second-order valence-corrected chi connectivity index (χ2v) is 4.27. The standard InChI is InChI=1S/C10H15ClN4/c1-7-5-9(11)14-10(13-7)15-4-3-12-6-8(15)2/h5,8,12H,3-4,6H2,1-2H3/t8-/m1/s1. The summed E-state index contributed by atoms with van der Waals surface area (Å²) in [5.41, 5.74) is 0.913. The number of nitrogens with one attached hydrogen (secondary N) is 1. The molecule has 1 fully saturated rings. The molecular weight excluding hydrogens is 212 g/mol. The van der Waals surface area contributed by atoms with E-state index in [1.54, 1.807) is 6.07 Å². The third-order valence-corrected chi connectivity index (χ3v) is 2.76. The highest BCUT2D eigenvalue weighted by Gasteiger charge is 2.20. The minimum Gasteiger partial charge on any atom is -0.336 e. The maximum atomic E-state index is 5.92. The lowest BCUT2D eigenvalue weighted by Crippen LogP contribution is -2.50. The quantitative estimate of drug-likeness (QED) is 0.732. The van der Waals surface area contributed by atoms with Crippen LogP contribution in [0.25, 0.3) is 0 Å². The Labute approximate surface area is 94.7 Å². The highest BCUT2D eigenvalue weighted by atomic mass is 35.5. The first kappa shape index (κ1) is 10.6. The van der Waals surface area contributed by atoms with E-state index in [0.717, 1.165) is 31.3 Å². The van der Waals surface area contributed by atoms with Gasteiger partial charge in [-0.1, -0.05) is 11.6 Å². The molecule has 0 bridgehead atoms. The number of piperazine rings is 1. The van der Waals surface area contributed by atoms with E-state index in [1.165, 1.54) is 0 Å². The molecule has 1 atom stereocenters. The van der Waals surface area contributed by atoms with E-state index in [0.29, 0.717) is 11.2 Å². The Hall–Kier alpha value is -0.870. The topological polar surface area (TPSA) is 41.1 Å². The van der Waals surface area contributed by atoms with Crippen LogP contribution in [0.1, 0.15) is 12.6 Å². The second-order valence-electron chi connectivity index (χ2n) is 3.88. The van der Waals surface area contributed by atoms with Gasteiger partial charge >= 0.3 is 0 Å². The number of aromatic nitrogens is 2. The largest absolute Gasteiger partial charge is 0.336 e. The summed E-state index contributed by atoms with van der Waals surface area (Å²) in [6.07, 6.45) is 0. The van der Waals surface area contributed by atoms with Crippen LogP contribution >= 0.6 is 11.6 Å². The second kappa shape index (κ2) is 4.33. The highest BCUT2D eigenvalue weighted by Crippen LogP contribution is 2.16. The van der Waals surface area contributed by atoms with Gasteiger partial charge in [0.2, 0.25) is 5.95 Å². The van der Waals surface area contributed by atoms with Crippen molar-refractivity contribution in [2.45, 2.75) is 19.9 Å². The van der Waals surface area contributed by atoms with Crippen LogP contribution < -0.4 is 10.2 Å². The molecule has 4 nitrogen and oxygen atoms in total. The van der Waals surface area contributed by atoms with Gasteiger partial charge < -0.3 is 10.2 Å². The molecule has 0 saturated carbocycles. The van der Waals surface area contributed by atoms with E-state index >= 15 is 0 Å². The zero-order valence-electron chi connectivity index (χ0n) is 9.00. The lowest BCUT2D eigenvalue weighted by molar-refractivity contribution is 0.492. The first-order valence-electron chi connectivity index (χ1n) is 5.15. The molecule has 0 aliphatic carbocycles. The maximum Gasteiger partial charge on any atom is 0.227 e. The van der Waals surface area contributed by atoms with E-state index in [9.17, 15) is 0 Å². The molecule has 1 saturated heterocycles. The van der Waals surface area contributed by atoms with Crippen molar-refractivity contribution in [1.82, 2.24) is 15.3 Å². The molecule has 0 aromatic carbocycles. The first-order valence-corrected chi connectivity index (χ1v) is 5.53. The van der Waals surface area contributed by atoms with Crippen LogP contribution in [0, 0.1) is 6.92 Å². The zero-order chi connectivity index (χ0) is 10.8. The molecule has 0 amide bonds. The van der Waals surface area contributed by atoms with Gasteiger partial charge in [-0.15, -0.1) is 0 Å². The summed E-state index contributed by atoms with van der Waals surface area (Å²) in [5, 5.41) is 3.85. The van der Waals surface area contributed by atoms with E-state index in [4.69, 9.17) is 11.6 Å². The van der Waals surface area contributed by atoms with Gasteiger partial charge in [-0.25, -0.2) is 9.97 Å². The summed E-state index contributed by atoms with van der Waals surface area (Å²) in [4.78, 5) is 10.9. The number of hydrogen-bond acceptors (Lipinski definition) is 4. The highest BCUT2D eigenvalue weighted by molar-refractivity contribution is 6.29. The molecule has 1 aromatic rings. The van der Waals surface area contributed by atoms with Crippen molar-refractivity contribution in [3.63, 3.8) is 0 Å². The number of aryl methyl sites for hydroxylation is 1. The minimum absolute atomic E-state index is 0.414. The molecule has 1 aromatic heterocycles. The van der Waals surface area contributed by atoms with Crippen molar-refractivity contribution < 1.29 is 0 Å². The van der Waals surface area contributed by atoms with Crippen molar-refractivity contribution >= 4 is 17.5 Å². The van der Waals surface area contributed by atoms with Crippen LogP contribution in [0.3, 0.4) is 0 Å². The molecule has 5 heteroatoms. The van der Waals surface area contributed by atoms with Gasteiger partial charge in [-0.3, -0.25) is 0 Å². The summed E-state index contributed by atoms with van der Waals surface area (Å²) < 4.78 is 0. The average Bonchev–Trinajstić information content (AvgIpc) is 2.16. The fraction of sp³-hybridized carbons (Fsp3) is 0.600. The van der Waals surface area contributed by atoms with Gasteiger partial charge in [0, 0.05) is 31.4 Å². The van der Waals surface area contributed by atoms with Crippen molar-refractivity contribution in [2.75, 3.05) is 24.5 Å². The summed E-state index contributed by atoms with van der Waals surface area (Å²) in [6, 6.07) is 2.19. The molecule has 0 unspecified atom stereocenters. The minimum atomic E-state index is 0.414. The lowest BCUT2D eigenvalue weighted by Gasteiger charge is -2.34. The molecule has 1 N–H and O–H groups in total. The Bertz CT molecular complexity index is 335. The molecule has 2 heterocycles. The van der Waals surface area contributed by atoms with Gasteiger partial charge in [-0.05, 0) is 19.9 Å². The predicted octanol–water partition coefficient (Wildman–Crippen LogP) is 1.24. The molecule has 0 radical (unpaired) electrons. The molecular formula is C10H15ClN4. The first-order chi connectivity index (χ1) is 7.16. The summed E-state index contributed by atoms with van der Waals surface area (Å²) >= 11 is 5.92.